The summed E-state index contributed by atoms with van der Waals surface area (Å²) in [6.07, 6.45) is 4.25. The summed E-state index contributed by atoms with van der Waals surface area (Å²) in [5.41, 5.74) is 0.968. The molecule has 0 saturated heterocycles. The molecule has 1 N–H and O–H groups in total. The maximum Gasteiger partial charge on any atom is 0.259 e. The van der Waals surface area contributed by atoms with E-state index in [1.54, 1.807) is 35.3 Å². The molecule has 116 valence electrons. The Morgan fingerprint density at radius 2 is 1.96 bits per heavy atom. The van der Waals surface area contributed by atoms with Crippen LogP contribution < -0.4 is 5.32 Å². The van der Waals surface area contributed by atoms with Crippen molar-refractivity contribution in [1.29, 1.82) is 0 Å². The number of carbonyl (C=O) groups excluding carboxylic acids is 1. The molecule has 3 aromatic rings. The SMILES string of the molecule is O=C(Nc1ccn(CCc2ccccn2)n1)c1ccccc1F. The number of carbonyl (C=O) groups is 1. The minimum Gasteiger partial charge on any atom is -0.305 e. The van der Waals surface area contributed by atoms with Crippen molar-refractivity contribution in [3.8, 4) is 0 Å². The lowest BCUT2D eigenvalue weighted by Gasteiger charge is -2.03. The number of anilines is 1. The van der Waals surface area contributed by atoms with E-state index in [0.717, 1.165) is 12.1 Å². The number of aryl methyl sites for hydroxylation is 2. The normalized spacial score (nSPS) is 10.5. The van der Waals surface area contributed by atoms with Crippen LogP contribution in [-0.4, -0.2) is 20.7 Å². The number of amides is 1. The molecule has 0 spiro atoms. The molecule has 0 aliphatic heterocycles. The third-order valence-electron chi connectivity index (χ3n) is 3.32. The molecule has 5 nitrogen and oxygen atoms in total. The van der Waals surface area contributed by atoms with Crippen molar-refractivity contribution in [3.05, 3.63) is 78.0 Å². The number of nitrogens with zero attached hydrogens (tertiary/aromatic N) is 3. The fourth-order valence-electron chi connectivity index (χ4n) is 2.16. The second-order valence-electron chi connectivity index (χ2n) is 4.97. The average molecular weight is 310 g/mol. The molecule has 6 heteroatoms. The minimum atomic E-state index is -0.556. The first-order chi connectivity index (χ1) is 11.2. The summed E-state index contributed by atoms with van der Waals surface area (Å²) in [5, 5.41) is 6.85. The molecule has 1 amide bonds. The summed E-state index contributed by atoms with van der Waals surface area (Å²) in [5.74, 6) is -0.683. The number of hydrogen-bond donors (Lipinski definition) is 1. The van der Waals surface area contributed by atoms with Gasteiger partial charge in [0, 0.05) is 37.1 Å². The van der Waals surface area contributed by atoms with Crippen molar-refractivity contribution in [1.82, 2.24) is 14.8 Å². The van der Waals surface area contributed by atoms with Gasteiger partial charge in [0.25, 0.3) is 5.91 Å². The standard InChI is InChI=1S/C17H15FN4O/c18-15-7-2-1-6-14(15)17(23)20-16-9-12-22(21-16)11-8-13-5-3-4-10-19-13/h1-7,9-10,12H,8,11H2,(H,20,21,23). The Morgan fingerprint density at radius 3 is 2.74 bits per heavy atom. The summed E-state index contributed by atoms with van der Waals surface area (Å²) in [6.45, 7) is 0.645. The first kappa shape index (κ1) is 14.9. The predicted octanol–water partition coefficient (Wildman–Crippen LogP) is 2.91. The zero-order chi connectivity index (χ0) is 16.1. The van der Waals surface area contributed by atoms with Crippen LogP contribution in [0.25, 0.3) is 0 Å². The van der Waals surface area contributed by atoms with Crippen molar-refractivity contribution in [2.24, 2.45) is 0 Å². The van der Waals surface area contributed by atoms with Crippen molar-refractivity contribution in [2.45, 2.75) is 13.0 Å². The number of benzene rings is 1. The van der Waals surface area contributed by atoms with Gasteiger partial charge < -0.3 is 5.32 Å². The maximum atomic E-state index is 13.6. The van der Waals surface area contributed by atoms with Crippen LogP contribution in [0.1, 0.15) is 16.1 Å². The van der Waals surface area contributed by atoms with E-state index in [2.05, 4.69) is 15.4 Å². The van der Waals surface area contributed by atoms with E-state index in [1.807, 2.05) is 18.2 Å². The molecule has 23 heavy (non-hydrogen) atoms. The van der Waals surface area contributed by atoms with Gasteiger partial charge in [0.2, 0.25) is 0 Å². The van der Waals surface area contributed by atoms with E-state index in [-0.39, 0.29) is 5.56 Å². The topological polar surface area (TPSA) is 59.8 Å². The zero-order valence-corrected chi connectivity index (χ0v) is 12.3. The van der Waals surface area contributed by atoms with E-state index in [0.29, 0.717) is 12.4 Å². The van der Waals surface area contributed by atoms with Gasteiger partial charge in [0.15, 0.2) is 5.82 Å². The Kier molecular flexibility index (Phi) is 4.42. The number of pyridine rings is 1. The van der Waals surface area contributed by atoms with Gasteiger partial charge in [-0.15, -0.1) is 0 Å². The Morgan fingerprint density at radius 1 is 1.13 bits per heavy atom. The Labute approximate surface area is 132 Å². The fraction of sp³-hybridized carbons (Fsp3) is 0.118. The summed E-state index contributed by atoms with van der Waals surface area (Å²) < 4.78 is 15.3. The zero-order valence-electron chi connectivity index (χ0n) is 12.3. The number of hydrogen-bond acceptors (Lipinski definition) is 3. The average Bonchev–Trinajstić information content (AvgIpc) is 3.02. The summed E-state index contributed by atoms with van der Waals surface area (Å²) in [7, 11) is 0. The maximum absolute atomic E-state index is 13.6. The quantitative estimate of drug-likeness (QED) is 0.788. The van der Waals surface area contributed by atoms with Gasteiger partial charge in [-0.3, -0.25) is 14.5 Å². The van der Waals surface area contributed by atoms with Crippen LogP contribution in [0.15, 0.2) is 60.9 Å². The van der Waals surface area contributed by atoms with Crippen LogP contribution in [-0.2, 0) is 13.0 Å². The van der Waals surface area contributed by atoms with Gasteiger partial charge in [0.1, 0.15) is 5.82 Å². The van der Waals surface area contributed by atoms with E-state index in [1.165, 1.54) is 12.1 Å². The third kappa shape index (κ3) is 3.79. The molecule has 0 radical (unpaired) electrons. The molecular weight excluding hydrogens is 295 g/mol. The lowest BCUT2D eigenvalue weighted by atomic mass is 10.2. The Bertz CT molecular complexity index is 801. The highest BCUT2D eigenvalue weighted by Gasteiger charge is 2.12. The van der Waals surface area contributed by atoms with E-state index < -0.39 is 11.7 Å². The second kappa shape index (κ2) is 6.83. The Hall–Kier alpha value is -3.02. The van der Waals surface area contributed by atoms with Crippen LogP contribution in [0.2, 0.25) is 0 Å². The first-order valence-corrected chi connectivity index (χ1v) is 7.21. The molecule has 0 fully saturated rings. The van der Waals surface area contributed by atoms with Crippen molar-refractivity contribution in [3.63, 3.8) is 0 Å². The van der Waals surface area contributed by atoms with Crippen molar-refractivity contribution >= 4 is 11.7 Å². The van der Waals surface area contributed by atoms with Crippen LogP contribution in [0.4, 0.5) is 10.2 Å². The monoisotopic (exact) mass is 310 g/mol. The highest BCUT2D eigenvalue weighted by Crippen LogP contribution is 2.10. The summed E-state index contributed by atoms with van der Waals surface area (Å²) in [6, 6.07) is 13.3. The molecular formula is C17H15FN4O. The lowest BCUT2D eigenvalue weighted by Crippen LogP contribution is -2.14. The van der Waals surface area contributed by atoms with Gasteiger partial charge in [0.05, 0.1) is 5.56 Å². The smallest absolute Gasteiger partial charge is 0.259 e. The van der Waals surface area contributed by atoms with E-state index in [4.69, 9.17) is 0 Å². The van der Waals surface area contributed by atoms with Gasteiger partial charge in [-0.2, -0.15) is 5.10 Å². The van der Waals surface area contributed by atoms with Gasteiger partial charge in [-0.05, 0) is 24.3 Å². The summed E-state index contributed by atoms with van der Waals surface area (Å²) in [4.78, 5) is 16.3. The lowest BCUT2D eigenvalue weighted by molar-refractivity contribution is 0.102. The summed E-state index contributed by atoms with van der Waals surface area (Å²) >= 11 is 0. The number of halogens is 1. The van der Waals surface area contributed by atoms with Crippen molar-refractivity contribution < 1.29 is 9.18 Å². The molecule has 0 aliphatic carbocycles. The molecule has 0 atom stereocenters. The second-order valence-corrected chi connectivity index (χ2v) is 4.97. The molecule has 0 aliphatic rings. The van der Waals surface area contributed by atoms with Gasteiger partial charge >= 0.3 is 0 Å². The number of rotatable bonds is 5. The molecule has 1 aromatic carbocycles. The largest absolute Gasteiger partial charge is 0.305 e. The van der Waals surface area contributed by atoms with Crippen LogP contribution in [0, 0.1) is 5.82 Å². The van der Waals surface area contributed by atoms with Crippen molar-refractivity contribution in [2.75, 3.05) is 5.32 Å². The van der Waals surface area contributed by atoms with Crippen LogP contribution in [0.5, 0.6) is 0 Å². The third-order valence-corrected chi connectivity index (χ3v) is 3.32. The first-order valence-electron chi connectivity index (χ1n) is 7.21. The highest BCUT2D eigenvalue weighted by atomic mass is 19.1. The molecule has 0 unspecified atom stereocenters. The molecule has 0 bridgehead atoms. The van der Waals surface area contributed by atoms with E-state index in [9.17, 15) is 9.18 Å². The molecule has 3 rings (SSSR count). The van der Waals surface area contributed by atoms with Crippen LogP contribution in [0.3, 0.4) is 0 Å². The molecule has 2 aromatic heterocycles. The number of aromatic nitrogens is 3. The van der Waals surface area contributed by atoms with Crippen LogP contribution >= 0.6 is 0 Å². The molecule has 2 heterocycles. The fourth-order valence-corrected chi connectivity index (χ4v) is 2.16. The predicted molar refractivity (Wildman–Crippen MR) is 84.5 cm³/mol. The van der Waals surface area contributed by atoms with Gasteiger partial charge in [-0.1, -0.05) is 18.2 Å². The Balaban J connectivity index is 1.61. The number of nitrogens with one attached hydrogen (secondary N) is 1. The van der Waals surface area contributed by atoms with Gasteiger partial charge in [-0.25, -0.2) is 4.39 Å². The molecule has 0 saturated carbocycles. The highest BCUT2D eigenvalue weighted by molar-refractivity contribution is 6.03. The van der Waals surface area contributed by atoms with E-state index >= 15 is 0 Å². The minimum absolute atomic E-state index is 0.00413.